The van der Waals surface area contributed by atoms with Gasteiger partial charge in [0.25, 0.3) is 0 Å². The molecular weight excluding hydrogens is 248 g/mol. The van der Waals surface area contributed by atoms with E-state index in [-0.39, 0.29) is 0 Å². The van der Waals surface area contributed by atoms with Crippen molar-refractivity contribution in [2.24, 2.45) is 0 Å². The average molecular weight is 266 g/mol. The number of rotatable bonds is 0. The van der Waals surface area contributed by atoms with Crippen LogP contribution in [-0.2, 0) is 0 Å². The number of benzene rings is 3. The van der Waals surface area contributed by atoms with E-state index in [1.807, 2.05) is 36.4 Å². The topological polar surface area (TPSA) is 104 Å². The van der Waals surface area contributed by atoms with Crippen molar-refractivity contribution in [2.75, 3.05) is 22.9 Å². The first-order chi connectivity index (χ1) is 9.58. The summed E-state index contributed by atoms with van der Waals surface area (Å²) in [5.74, 6) is 0. The Hall–Kier alpha value is -2.88. The molecule has 0 radical (unpaired) electrons. The molecule has 8 N–H and O–H groups in total. The molecule has 4 heteroatoms. The van der Waals surface area contributed by atoms with Gasteiger partial charge in [-0.05, 0) is 41.8 Å². The van der Waals surface area contributed by atoms with E-state index >= 15 is 0 Å². The second kappa shape index (κ2) is 5.84. The van der Waals surface area contributed by atoms with Crippen LogP contribution >= 0.6 is 0 Å². The summed E-state index contributed by atoms with van der Waals surface area (Å²) < 4.78 is 0. The van der Waals surface area contributed by atoms with E-state index in [2.05, 4.69) is 0 Å². The van der Waals surface area contributed by atoms with Gasteiger partial charge in [-0.1, -0.05) is 24.3 Å². The van der Waals surface area contributed by atoms with Crippen LogP contribution in [0, 0.1) is 0 Å². The molecule has 0 aliphatic heterocycles. The SMILES string of the molecule is Nc1ccc(N)cc1.Nc1cccc2cccc(N)c12. The number of anilines is 4. The van der Waals surface area contributed by atoms with E-state index < -0.39 is 0 Å². The van der Waals surface area contributed by atoms with Crippen molar-refractivity contribution < 1.29 is 0 Å². The third-order valence-electron chi connectivity index (χ3n) is 2.91. The lowest BCUT2D eigenvalue weighted by Crippen LogP contribution is -1.91. The summed E-state index contributed by atoms with van der Waals surface area (Å²) in [7, 11) is 0. The number of nitrogens with two attached hydrogens (primary N) is 4. The van der Waals surface area contributed by atoms with Crippen LogP contribution in [-0.4, -0.2) is 0 Å². The molecule has 3 aromatic rings. The fourth-order valence-corrected chi connectivity index (χ4v) is 1.90. The molecule has 0 unspecified atom stereocenters. The molecule has 0 amide bonds. The molecule has 0 aliphatic carbocycles. The van der Waals surface area contributed by atoms with Crippen LogP contribution in [0.3, 0.4) is 0 Å². The minimum Gasteiger partial charge on any atom is -0.399 e. The molecule has 0 spiro atoms. The van der Waals surface area contributed by atoms with Crippen molar-refractivity contribution in [1.82, 2.24) is 0 Å². The molecule has 0 saturated heterocycles. The van der Waals surface area contributed by atoms with Gasteiger partial charge in [0.1, 0.15) is 0 Å². The van der Waals surface area contributed by atoms with Crippen LogP contribution in [0.4, 0.5) is 22.7 Å². The number of nitrogen functional groups attached to an aromatic ring is 4. The van der Waals surface area contributed by atoms with E-state index in [1.165, 1.54) is 0 Å². The highest BCUT2D eigenvalue weighted by Crippen LogP contribution is 2.25. The first-order valence-electron chi connectivity index (χ1n) is 6.21. The fraction of sp³-hybridized carbons (Fsp3) is 0. The van der Waals surface area contributed by atoms with Crippen LogP contribution in [0.5, 0.6) is 0 Å². The van der Waals surface area contributed by atoms with Crippen molar-refractivity contribution in [1.29, 1.82) is 0 Å². The number of hydrogen-bond acceptors (Lipinski definition) is 4. The normalized spacial score (nSPS) is 9.80. The van der Waals surface area contributed by atoms with Crippen LogP contribution < -0.4 is 22.9 Å². The van der Waals surface area contributed by atoms with Gasteiger partial charge < -0.3 is 22.9 Å². The van der Waals surface area contributed by atoms with Crippen molar-refractivity contribution >= 4 is 33.5 Å². The summed E-state index contributed by atoms with van der Waals surface area (Å²) in [5, 5.41) is 2.05. The maximum absolute atomic E-state index is 5.78. The Kier molecular flexibility index (Phi) is 3.96. The maximum atomic E-state index is 5.78. The standard InChI is InChI=1S/C10H10N2.C6H8N2/c11-8-5-1-3-7-4-2-6-9(12)10(7)8;7-5-1-2-6(8)4-3-5/h1-6H,11-12H2;1-4H,7-8H2. The van der Waals surface area contributed by atoms with E-state index in [1.54, 1.807) is 24.3 Å². The van der Waals surface area contributed by atoms with E-state index in [0.717, 1.165) is 33.5 Å². The Balaban J connectivity index is 0.000000160. The van der Waals surface area contributed by atoms with Crippen molar-refractivity contribution in [3.05, 3.63) is 60.7 Å². The average Bonchev–Trinajstić information content (AvgIpc) is 2.43. The third-order valence-corrected chi connectivity index (χ3v) is 2.91. The molecule has 0 saturated carbocycles. The number of hydrogen-bond donors (Lipinski definition) is 4. The molecule has 0 aromatic heterocycles. The fourth-order valence-electron chi connectivity index (χ4n) is 1.90. The zero-order valence-corrected chi connectivity index (χ0v) is 11.1. The van der Waals surface area contributed by atoms with Gasteiger partial charge in [-0.15, -0.1) is 0 Å². The predicted octanol–water partition coefficient (Wildman–Crippen LogP) is 2.86. The zero-order valence-electron chi connectivity index (χ0n) is 11.1. The minimum absolute atomic E-state index is 0.741. The molecule has 102 valence electrons. The molecule has 0 fully saturated rings. The van der Waals surface area contributed by atoms with Gasteiger partial charge in [-0.2, -0.15) is 0 Å². The van der Waals surface area contributed by atoms with Crippen LogP contribution in [0.1, 0.15) is 0 Å². The highest BCUT2D eigenvalue weighted by molar-refractivity contribution is 6.01. The molecular formula is C16H18N4. The van der Waals surface area contributed by atoms with Gasteiger partial charge in [0.2, 0.25) is 0 Å². The quantitative estimate of drug-likeness (QED) is 0.469. The highest BCUT2D eigenvalue weighted by atomic mass is 14.6. The second-order valence-electron chi connectivity index (χ2n) is 4.46. The Morgan fingerprint density at radius 3 is 1.25 bits per heavy atom. The van der Waals surface area contributed by atoms with Gasteiger partial charge in [0.15, 0.2) is 0 Å². The monoisotopic (exact) mass is 266 g/mol. The molecule has 20 heavy (non-hydrogen) atoms. The summed E-state index contributed by atoms with van der Waals surface area (Å²) >= 11 is 0. The van der Waals surface area contributed by atoms with Crippen LogP contribution in [0.2, 0.25) is 0 Å². The molecule has 0 atom stereocenters. The van der Waals surface area contributed by atoms with E-state index in [4.69, 9.17) is 22.9 Å². The van der Waals surface area contributed by atoms with E-state index in [9.17, 15) is 0 Å². The third kappa shape index (κ3) is 3.11. The molecule has 0 heterocycles. The summed E-state index contributed by atoms with van der Waals surface area (Å²) in [6.07, 6.45) is 0. The molecule has 3 aromatic carbocycles. The van der Waals surface area contributed by atoms with Crippen LogP contribution in [0.15, 0.2) is 60.7 Å². The second-order valence-corrected chi connectivity index (χ2v) is 4.46. The minimum atomic E-state index is 0.741. The Bertz CT molecular complexity index is 647. The highest BCUT2D eigenvalue weighted by Gasteiger charge is 1.99. The van der Waals surface area contributed by atoms with Gasteiger partial charge in [0.05, 0.1) is 0 Å². The smallest absolute Gasteiger partial charge is 0.0414 e. The van der Waals surface area contributed by atoms with Gasteiger partial charge in [-0.3, -0.25) is 0 Å². The Labute approximate surface area is 118 Å². The lowest BCUT2D eigenvalue weighted by atomic mass is 10.1. The first-order valence-corrected chi connectivity index (χ1v) is 6.21. The lowest BCUT2D eigenvalue weighted by molar-refractivity contribution is 1.67. The van der Waals surface area contributed by atoms with Crippen molar-refractivity contribution in [3.63, 3.8) is 0 Å². The van der Waals surface area contributed by atoms with Crippen molar-refractivity contribution in [2.45, 2.75) is 0 Å². The largest absolute Gasteiger partial charge is 0.399 e. The van der Waals surface area contributed by atoms with Gasteiger partial charge >= 0.3 is 0 Å². The summed E-state index contributed by atoms with van der Waals surface area (Å²) in [4.78, 5) is 0. The lowest BCUT2D eigenvalue weighted by Gasteiger charge is -2.03. The number of fused-ring (bicyclic) bond motifs is 1. The van der Waals surface area contributed by atoms with Gasteiger partial charge in [-0.25, -0.2) is 0 Å². The summed E-state index contributed by atoms with van der Waals surface area (Å²) in [6.45, 7) is 0. The molecule has 3 rings (SSSR count). The van der Waals surface area contributed by atoms with Gasteiger partial charge in [0, 0.05) is 28.1 Å². The predicted molar refractivity (Wildman–Crippen MR) is 88.0 cm³/mol. The maximum Gasteiger partial charge on any atom is 0.0414 e. The first kappa shape index (κ1) is 13.5. The molecule has 0 bridgehead atoms. The molecule has 4 nitrogen and oxygen atoms in total. The molecule has 0 aliphatic rings. The summed E-state index contributed by atoms with van der Waals surface area (Å²) in [6, 6.07) is 18.7. The Morgan fingerprint density at radius 2 is 0.900 bits per heavy atom. The summed E-state index contributed by atoms with van der Waals surface area (Å²) in [5.41, 5.74) is 25.3. The van der Waals surface area contributed by atoms with Crippen LogP contribution in [0.25, 0.3) is 10.8 Å². The van der Waals surface area contributed by atoms with E-state index in [0.29, 0.717) is 0 Å². The van der Waals surface area contributed by atoms with Crippen molar-refractivity contribution in [3.8, 4) is 0 Å². The zero-order chi connectivity index (χ0) is 14.5. The Morgan fingerprint density at radius 1 is 0.500 bits per heavy atom.